The highest BCUT2D eigenvalue weighted by Crippen LogP contribution is 2.32. The lowest BCUT2D eigenvalue weighted by Crippen LogP contribution is -2.18. The molecule has 0 saturated heterocycles. The average Bonchev–Trinajstić information content (AvgIpc) is 2.16. The number of hydrogen-bond donors (Lipinski definition) is 1. The van der Waals surface area contributed by atoms with Crippen LogP contribution in [0.25, 0.3) is 0 Å². The maximum atomic E-state index is 13.2. The van der Waals surface area contributed by atoms with Gasteiger partial charge in [-0.25, -0.2) is 13.2 Å². The zero-order valence-corrected chi connectivity index (χ0v) is 7.88. The average molecular weight is 229 g/mol. The van der Waals surface area contributed by atoms with E-state index in [1.165, 1.54) is 6.07 Å². The van der Waals surface area contributed by atoms with Gasteiger partial charge in [0.25, 0.3) is 5.92 Å². The number of carbonyl (C=O) groups is 1. The van der Waals surface area contributed by atoms with E-state index >= 15 is 0 Å². The molecule has 0 radical (unpaired) electrons. The first-order chi connectivity index (χ1) is 7.36. The summed E-state index contributed by atoms with van der Waals surface area (Å²) in [4.78, 5) is 10.2. The fraction of sp³-hybridized carbons (Fsp3) is 0.200. The van der Waals surface area contributed by atoms with E-state index in [-0.39, 0.29) is 0 Å². The number of alkyl halides is 2. The summed E-state index contributed by atoms with van der Waals surface area (Å²) in [6.45, 7) is 0. The lowest BCUT2D eigenvalue weighted by molar-refractivity contribution is -0.145. The number of carboxylic acids is 1. The Hall–Kier alpha value is -2.03. The number of aliphatic carboxylic acids is 1. The number of rotatable bonds is 3. The first-order valence-electron chi connectivity index (χ1n) is 4.16. The Bertz CT molecular complexity index is 466. The van der Waals surface area contributed by atoms with E-state index in [0.29, 0.717) is 12.1 Å². The Labute approximate surface area is 88.7 Å². The lowest BCUT2D eigenvalue weighted by atomic mass is 10.0. The van der Waals surface area contributed by atoms with E-state index < -0.39 is 35.3 Å². The van der Waals surface area contributed by atoms with Crippen molar-refractivity contribution in [1.29, 1.82) is 5.26 Å². The summed E-state index contributed by atoms with van der Waals surface area (Å²) in [5.41, 5.74) is -1.23. The van der Waals surface area contributed by atoms with Crippen molar-refractivity contribution in [2.24, 2.45) is 0 Å². The van der Waals surface area contributed by atoms with Crippen molar-refractivity contribution >= 4 is 5.97 Å². The third-order valence-corrected chi connectivity index (χ3v) is 1.88. The highest BCUT2D eigenvalue weighted by molar-refractivity contribution is 5.68. The van der Waals surface area contributed by atoms with Crippen LogP contribution >= 0.6 is 0 Å². The van der Waals surface area contributed by atoms with Gasteiger partial charge in [-0.3, -0.25) is 4.79 Å². The molecule has 6 heteroatoms. The number of carboxylic acid groups (broad SMARTS) is 1. The van der Waals surface area contributed by atoms with E-state index in [2.05, 4.69) is 0 Å². The van der Waals surface area contributed by atoms with Crippen LogP contribution in [0, 0.1) is 17.1 Å². The summed E-state index contributed by atoms with van der Waals surface area (Å²) in [5, 5.41) is 16.7. The summed E-state index contributed by atoms with van der Waals surface area (Å²) < 4.78 is 39.3. The molecule has 0 saturated carbocycles. The van der Waals surface area contributed by atoms with Gasteiger partial charge >= 0.3 is 5.97 Å². The van der Waals surface area contributed by atoms with E-state index in [9.17, 15) is 18.0 Å². The molecule has 1 aromatic carbocycles. The van der Waals surface area contributed by atoms with Crippen molar-refractivity contribution in [3.8, 4) is 6.07 Å². The Kier molecular flexibility index (Phi) is 3.18. The van der Waals surface area contributed by atoms with Gasteiger partial charge in [-0.05, 0) is 12.1 Å². The van der Waals surface area contributed by atoms with E-state index in [1.54, 1.807) is 0 Å². The fourth-order valence-electron chi connectivity index (χ4n) is 1.13. The zero-order chi connectivity index (χ0) is 12.3. The van der Waals surface area contributed by atoms with E-state index in [0.717, 1.165) is 6.07 Å². The Morgan fingerprint density at radius 3 is 2.62 bits per heavy atom. The van der Waals surface area contributed by atoms with E-state index in [1.807, 2.05) is 0 Å². The normalized spacial score (nSPS) is 10.9. The second kappa shape index (κ2) is 4.23. The SMILES string of the molecule is N#Cc1cc(C(F)(F)CC(=O)O)ccc1F. The monoisotopic (exact) mass is 229 g/mol. The van der Waals surface area contributed by atoms with Crippen LogP contribution in [0.5, 0.6) is 0 Å². The number of nitriles is 1. The van der Waals surface area contributed by atoms with Crippen molar-refractivity contribution in [3.63, 3.8) is 0 Å². The topological polar surface area (TPSA) is 61.1 Å². The quantitative estimate of drug-likeness (QED) is 0.864. The second-order valence-corrected chi connectivity index (χ2v) is 3.08. The minimum absolute atomic E-state index is 0.539. The van der Waals surface area contributed by atoms with Gasteiger partial charge in [-0.15, -0.1) is 0 Å². The minimum Gasteiger partial charge on any atom is -0.481 e. The molecule has 0 aliphatic heterocycles. The highest BCUT2D eigenvalue weighted by atomic mass is 19.3. The maximum absolute atomic E-state index is 13.2. The summed E-state index contributed by atoms with van der Waals surface area (Å²) in [6, 6.07) is 3.53. The summed E-state index contributed by atoms with van der Waals surface area (Å²) in [7, 11) is 0. The molecule has 1 N–H and O–H groups in total. The molecule has 1 rings (SSSR count). The van der Waals surface area contributed by atoms with Crippen molar-refractivity contribution < 1.29 is 23.1 Å². The molecule has 0 unspecified atom stereocenters. The standard InChI is InChI=1S/C10H6F3NO2/c11-8-2-1-7(3-6(8)5-14)10(12,13)4-9(15)16/h1-3H,4H2,(H,15,16). The smallest absolute Gasteiger partial charge is 0.309 e. The zero-order valence-electron chi connectivity index (χ0n) is 7.88. The van der Waals surface area contributed by atoms with Gasteiger partial charge < -0.3 is 5.11 Å². The molecule has 0 aliphatic carbocycles. The molecule has 84 valence electrons. The number of halogens is 3. The van der Waals surface area contributed by atoms with Gasteiger partial charge in [0.2, 0.25) is 0 Å². The van der Waals surface area contributed by atoms with Crippen LogP contribution in [-0.2, 0) is 10.7 Å². The fourth-order valence-corrected chi connectivity index (χ4v) is 1.13. The van der Waals surface area contributed by atoms with Gasteiger partial charge in [0.15, 0.2) is 0 Å². The Balaban J connectivity index is 3.14. The molecule has 16 heavy (non-hydrogen) atoms. The van der Waals surface area contributed by atoms with E-state index in [4.69, 9.17) is 10.4 Å². The highest BCUT2D eigenvalue weighted by Gasteiger charge is 2.35. The predicted octanol–water partition coefficient (Wildman–Crippen LogP) is 2.26. The summed E-state index contributed by atoms with van der Waals surface area (Å²) in [6.07, 6.45) is -1.40. The van der Waals surface area contributed by atoms with Crippen LogP contribution in [0.15, 0.2) is 18.2 Å². The van der Waals surface area contributed by atoms with Crippen LogP contribution in [-0.4, -0.2) is 11.1 Å². The molecular formula is C10H6F3NO2. The van der Waals surface area contributed by atoms with Gasteiger partial charge in [0, 0.05) is 5.56 Å². The van der Waals surface area contributed by atoms with Crippen molar-refractivity contribution in [1.82, 2.24) is 0 Å². The third kappa shape index (κ3) is 2.51. The molecule has 1 aromatic rings. The second-order valence-electron chi connectivity index (χ2n) is 3.08. The lowest BCUT2D eigenvalue weighted by Gasteiger charge is -2.14. The molecule has 0 aliphatic rings. The van der Waals surface area contributed by atoms with Crippen molar-refractivity contribution in [3.05, 3.63) is 35.1 Å². The number of hydrogen-bond acceptors (Lipinski definition) is 2. The van der Waals surface area contributed by atoms with Crippen LogP contribution < -0.4 is 0 Å². The largest absolute Gasteiger partial charge is 0.481 e. The van der Waals surface area contributed by atoms with Crippen LogP contribution in [0.1, 0.15) is 17.5 Å². The molecule has 0 heterocycles. The summed E-state index contributed by atoms with van der Waals surface area (Å²) >= 11 is 0. The molecule has 0 spiro atoms. The molecule has 0 aromatic heterocycles. The summed E-state index contributed by atoms with van der Waals surface area (Å²) in [5.74, 6) is -6.21. The Morgan fingerprint density at radius 1 is 1.50 bits per heavy atom. The van der Waals surface area contributed by atoms with Gasteiger partial charge in [-0.2, -0.15) is 5.26 Å². The molecule has 3 nitrogen and oxygen atoms in total. The van der Waals surface area contributed by atoms with Gasteiger partial charge in [-0.1, -0.05) is 6.07 Å². The predicted molar refractivity (Wildman–Crippen MR) is 47.3 cm³/mol. The number of benzene rings is 1. The van der Waals surface area contributed by atoms with Gasteiger partial charge in [0.1, 0.15) is 18.3 Å². The third-order valence-electron chi connectivity index (χ3n) is 1.88. The molecule has 0 fully saturated rings. The van der Waals surface area contributed by atoms with Crippen molar-refractivity contribution in [2.75, 3.05) is 0 Å². The van der Waals surface area contributed by atoms with Gasteiger partial charge in [0.05, 0.1) is 5.56 Å². The molecule has 0 atom stereocenters. The molecule has 0 amide bonds. The first-order valence-corrected chi connectivity index (χ1v) is 4.16. The first kappa shape index (κ1) is 12.0. The van der Waals surface area contributed by atoms with Crippen molar-refractivity contribution in [2.45, 2.75) is 12.3 Å². The van der Waals surface area contributed by atoms with Crippen LogP contribution in [0.3, 0.4) is 0 Å². The van der Waals surface area contributed by atoms with Crippen LogP contribution in [0.2, 0.25) is 0 Å². The number of nitrogens with zero attached hydrogens (tertiary/aromatic N) is 1. The molecular weight excluding hydrogens is 223 g/mol. The minimum atomic E-state index is -3.62. The Morgan fingerprint density at radius 2 is 2.12 bits per heavy atom. The maximum Gasteiger partial charge on any atom is 0.309 e. The molecule has 0 bridgehead atoms. The van der Waals surface area contributed by atoms with Crippen LogP contribution in [0.4, 0.5) is 13.2 Å².